The largest absolute Gasteiger partial charge is 0.388 e. The topological polar surface area (TPSA) is 199 Å². The molecule has 0 amide bonds. The molecule has 9 unspecified atom stereocenters. The van der Waals surface area contributed by atoms with Crippen molar-refractivity contribution in [2.45, 2.75) is 93.2 Å². The lowest BCUT2D eigenvalue weighted by molar-refractivity contribution is -0.320. The van der Waals surface area contributed by atoms with Crippen LogP contribution in [-0.4, -0.2) is 164 Å². The monoisotopic (exact) mass is 556 g/mol. The predicted molar refractivity (Wildman–Crippen MR) is 127 cm³/mol. The van der Waals surface area contributed by atoms with Gasteiger partial charge in [-0.25, -0.2) is 0 Å². The first-order valence-corrected chi connectivity index (χ1v) is 13.1. The Kier molecular flexibility index (Phi) is 13.5. The molecule has 0 aliphatic carbocycles. The van der Waals surface area contributed by atoms with E-state index in [-0.39, 0.29) is 32.5 Å². The van der Waals surface area contributed by atoms with E-state index in [0.717, 1.165) is 19.4 Å². The summed E-state index contributed by atoms with van der Waals surface area (Å²) in [5, 5.41) is 61.5. The second kappa shape index (κ2) is 16.0. The van der Waals surface area contributed by atoms with Crippen LogP contribution in [0.2, 0.25) is 0 Å². The van der Waals surface area contributed by atoms with Crippen LogP contribution in [0.4, 0.5) is 0 Å². The van der Waals surface area contributed by atoms with Gasteiger partial charge < -0.3 is 68.5 Å². The van der Waals surface area contributed by atoms with Crippen molar-refractivity contribution in [2.24, 2.45) is 0 Å². The van der Waals surface area contributed by atoms with Crippen molar-refractivity contribution >= 4 is 0 Å². The van der Waals surface area contributed by atoms with Crippen molar-refractivity contribution in [3.63, 3.8) is 0 Å². The average Bonchev–Trinajstić information content (AvgIpc) is 3.72. The molecule has 3 aliphatic rings. The molecule has 12 atom stereocenters. The molecule has 3 heterocycles. The number of ether oxygens (including phenoxy) is 8. The van der Waals surface area contributed by atoms with E-state index in [1.807, 2.05) is 0 Å². The van der Waals surface area contributed by atoms with Crippen molar-refractivity contribution in [3.05, 3.63) is 0 Å². The molecule has 224 valence electrons. The molecule has 0 saturated carbocycles. The Morgan fingerprint density at radius 2 is 1.47 bits per heavy atom. The standard InChI is InChI=1S/C24H44O14/c1-13-18(26)20(28)19(27)16(37-13)12-36-24-22(30)21(29)23(17(38-24)11-31-2)35-8-14(25)7-32-5-3-4-6-33-9-15-10-34-15/h13-30H,3-12H2,1-2H3/t13?,14?,15?,16?,17?,18?,19-,20?,21?,22?,23-,24+/m1/s1. The van der Waals surface area contributed by atoms with Crippen LogP contribution in [0.3, 0.4) is 0 Å². The van der Waals surface area contributed by atoms with E-state index in [4.69, 9.17) is 37.9 Å². The Bertz CT molecular complexity index is 654. The minimum Gasteiger partial charge on any atom is -0.388 e. The second-order valence-corrected chi connectivity index (χ2v) is 9.93. The van der Waals surface area contributed by atoms with Crippen molar-refractivity contribution in [1.29, 1.82) is 0 Å². The summed E-state index contributed by atoms with van der Waals surface area (Å²) in [6.45, 7) is 3.58. The van der Waals surface area contributed by atoms with E-state index in [9.17, 15) is 30.6 Å². The van der Waals surface area contributed by atoms with Crippen LogP contribution in [0.1, 0.15) is 19.8 Å². The minimum absolute atomic E-state index is 0.000336. The van der Waals surface area contributed by atoms with Crippen LogP contribution in [-0.2, 0) is 37.9 Å². The minimum atomic E-state index is -1.52. The zero-order chi connectivity index (χ0) is 27.7. The average molecular weight is 557 g/mol. The van der Waals surface area contributed by atoms with E-state index in [0.29, 0.717) is 19.8 Å². The van der Waals surface area contributed by atoms with Crippen LogP contribution in [0.5, 0.6) is 0 Å². The van der Waals surface area contributed by atoms with E-state index < -0.39 is 67.3 Å². The number of epoxide rings is 1. The second-order valence-electron chi connectivity index (χ2n) is 9.93. The molecule has 38 heavy (non-hydrogen) atoms. The van der Waals surface area contributed by atoms with Crippen molar-refractivity contribution in [3.8, 4) is 0 Å². The highest BCUT2D eigenvalue weighted by Crippen LogP contribution is 2.27. The normalized spacial score (nSPS) is 40.3. The summed E-state index contributed by atoms with van der Waals surface area (Å²) in [6.07, 6.45) is -11.1. The van der Waals surface area contributed by atoms with Crippen molar-refractivity contribution in [1.82, 2.24) is 0 Å². The lowest BCUT2D eigenvalue weighted by Gasteiger charge is -2.43. The fraction of sp³-hybridized carbons (Fsp3) is 1.00. The van der Waals surface area contributed by atoms with Gasteiger partial charge in [0.05, 0.1) is 45.7 Å². The highest BCUT2D eigenvalue weighted by atomic mass is 16.7. The van der Waals surface area contributed by atoms with Gasteiger partial charge in [0.25, 0.3) is 0 Å². The van der Waals surface area contributed by atoms with E-state index >= 15 is 0 Å². The first-order valence-electron chi connectivity index (χ1n) is 13.1. The maximum absolute atomic E-state index is 10.7. The van der Waals surface area contributed by atoms with Crippen LogP contribution in [0.15, 0.2) is 0 Å². The van der Waals surface area contributed by atoms with Gasteiger partial charge in [-0.1, -0.05) is 0 Å². The van der Waals surface area contributed by atoms with E-state index in [2.05, 4.69) is 0 Å². The zero-order valence-corrected chi connectivity index (χ0v) is 21.9. The van der Waals surface area contributed by atoms with Crippen LogP contribution >= 0.6 is 0 Å². The number of hydrogen-bond acceptors (Lipinski definition) is 14. The van der Waals surface area contributed by atoms with E-state index in [1.165, 1.54) is 7.11 Å². The molecule has 6 N–H and O–H groups in total. The highest BCUT2D eigenvalue weighted by molar-refractivity contribution is 4.93. The quantitative estimate of drug-likeness (QED) is 0.0779. The Balaban J connectivity index is 1.37. The Morgan fingerprint density at radius 1 is 0.763 bits per heavy atom. The van der Waals surface area contributed by atoms with Crippen molar-refractivity contribution < 1.29 is 68.5 Å². The first kappa shape index (κ1) is 32.0. The number of rotatable bonds is 17. The van der Waals surface area contributed by atoms with E-state index in [1.54, 1.807) is 6.92 Å². The molecule has 3 rings (SSSR count). The number of aliphatic hydroxyl groups is 6. The molecule has 3 fully saturated rings. The van der Waals surface area contributed by atoms with Gasteiger partial charge in [-0.2, -0.15) is 0 Å². The van der Waals surface area contributed by atoms with Gasteiger partial charge in [0.1, 0.15) is 61.0 Å². The molecular formula is C24H44O14. The Hall–Kier alpha value is -0.560. The van der Waals surface area contributed by atoms with Gasteiger partial charge in [-0.05, 0) is 19.8 Å². The lowest BCUT2D eigenvalue weighted by Crippen LogP contribution is -2.62. The van der Waals surface area contributed by atoms with Gasteiger partial charge >= 0.3 is 0 Å². The molecule has 3 saturated heterocycles. The zero-order valence-electron chi connectivity index (χ0n) is 21.9. The van der Waals surface area contributed by atoms with Crippen LogP contribution in [0.25, 0.3) is 0 Å². The van der Waals surface area contributed by atoms with Crippen molar-refractivity contribution in [2.75, 3.05) is 60.0 Å². The Morgan fingerprint density at radius 3 is 2.16 bits per heavy atom. The van der Waals surface area contributed by atoms with Gasteiger partial charge in [0.2, 0.25) is 0 Å². The maximum Gasteiger partial charge on any atom is 0.186 e. The number of methoxy groups -OCH3 is 1. The third kappa shape index (κ3) is 9.52. The summed E-state index contributed by atoms with van der Waals surface area (Å²) in [7, 11) is 1.43. The summed E-state index contributed by atoms with van der Waals surface area (Å²) < 4.78 is 43.6. The third-order valence-electron chi connectivity index (χ3n) is 6.67. The number of unbranched alkanes of at least 4 members (excludes halogenated alkanes) is 1. The fourth-order valence-corrected chi connectivity index (χ4v) is 4.29. The summed E-state index contributed by atoms with van der Waals surface area (Å²) in [4.78, 5) is 0. The summed E-state index contributed by atoms with van der Waals surface area (Å²) in [5.74, 6) is 0. The predicted octanol–water partition coefficient (Wildman–Crippen LogP) is -3.08. The molecule has 14 heteroatoms. The van der Waals surface area contributed by atoms with Gasteiger partial charge in [0, 0.05) is 20.3 Å². The first-order chi connectivity index (χ1) is 18.2. The number of hydrogen-bond donors (Lipinski definition) is 6. The molecule has 0 radical (unpaired) electrons. The summed E-state index contributed by atoms with van der Waals surface area (Å²) in [5.41, 5.74) is 0. The molecule has 14 nitrogen and oxygen atoms in total. The lowest BCUT2D eigenvalue weighted by atomic mass is 9.96. The smallest absolute Gasteiger partial charge is 0.186 e. The third-order valence-corrected chi connectivity index (χ3v) is 6.67. The molecule has 3 aliphatic heterocycles. The summed E-state index contributed by atoms with van der Waals surface area (Å²) in [6, 6.07) is 0. The fourth-order valence-electron chi connectivity index (χ4n) is 4.29. The SMILES string of the molecule is COCC1O[C@H](OCC2OC(C)C(O)C(O)[C@@H]2O)C(O)C(O)[C@@H]1OCC(O)COCCCCOCC1CO1. The number of aliphatic hydroxyl groups excluding tert-OH is 6. The van der Waals surface area contributed by atoms with Crippen LogP contribution in [0, 0.1) is 0 Å². The highest BCUT2D eigenvalue weighted by Gasteiger charge is 2.47. The molecular weight excluding hydrogens is 512 g/mol. The molecule has 0 aromatic heterocycles. The van der Waals surface area contributed by atoms with Gasteiger partial charge in [-0.3, -0.25) is 0 Å². The summed E-state index contributed by atoms with van der Waals surface area (Å²) >= 11 is 0. The van der Waals surface area contributed by atoms with Gasteiger partial charge in [0.15, 0.2) is 6.29 Å². The Labute approximate surface area is 222 Å². The van der Waals surface area contributed by atoms with Crippen LogP contribution < -0.4 is 0 Å². The maximum atomic E-state index is 10.7. The molecule has 0 spiro atoms. The molecule has 0 aromatic rings. The molecule has 0 aromatic carbocycles. The molecule has 0 bridgehead atoms. The van der Waals surface area contributed by atoms with Gasteiger partial charge in [-0.15, -0.1) is 0 Å².